The van der Waals surface area contributed by atoms with E-state index in [0.29, 0.717) is 25.3 Å². The SMILES string of the molecule is CCCCOc1ccc(C2C(=C(O)c3cc(C)ccc3C)C(=O)C(=O)N2CCN(CC)CC)cc1. The molecular weight excluding hydrogens is 440 g/mol. The summed E-state index contributed by atoms with van der Waals surface area (Å²) in [5.41, 5.74) is 3.32. The van der Waals surface area contributed by atoms with E-state index < -0.39 is 17.7 Å². The number of carbonyl (C=O) groups excluding carboxylic acids is 2. The van der Waals surface area contributed by atoms with Crippen LogP contribution in [-0.2, 0) is 9.59 Å². The van der Waals surface area contributed by atoms with E-state index in [1.807, 2.05) is 56.3 Å². The molecule has 1 unspecified atom stereocenters. The Labute approximate surface area is 209 Å². The summed E-state index contributed by atoms with van der Waals surface area (Å²) in [6, 6.07) is 12.6. The van der Waals surface area contributed by atoms with Crippen molar-refractivity contribution in [2.24, 2.45) is 0 Å². The van der Waals surface area contributed by atoms with Crippen LogP contribution in [0.3, 0.4) is 0 Å². The number of unbranched alkanes of at least 4 members (excludes halogenated alkanes) is 1. The number of carbonyl (C=O) groups is 2. The molecule has 1 heterocycles. The summed E-state index contributed by atoms with van der Waals surface area (Å²) in [4.78, 5) is 30.3. The number of ketones is 1. The predicted molar refractivity (Wildman–Crippen MR) is 140 cm³/mol. The van der Waals surface area contributed by atoms with E-state index >= 15 is 0 Å². The minimum absolute atomic E-state index is 0.122. The fraction of sp³-hybridized carbons (Fsp3) is 0.448. The van der Waals surface area contributed by atoms with Gasteiger partial charge in [0, 0.05) is 18.7 Å². The Balaban J connectivity index is 2.06. The van der Waals surface area contributed by atoms with E-state index in [4.69, 9.17) is 4.74 Å². The maximum absolute atomic E-state index is 13.3. The smallest absolute Gasteiger partial charge is 0.295 e. The Hall–Kier alpha value is -3.12. The van der Waals surface area contributed by atoms with Crippen molar-refractivity contribution in [3.63, 3.8) is 0 Å². The molecule has 1 N–H and O–H groups in total. The first-order valence-electron chi connectivity index (χ1n) is 12.6. The molecule has 0 radical (unpaired) electrons. The van der Waals surface area contributed by atoms with E-state index in [-0.39, 0.29) is 11.3 Å². The Kier molecular flexibility index (Phi) is 9.10. The molecule has 1 fully saturated rings. The molecule has 0 spiro atoms. The van der Waals surface area contributed by atoms with Gasteiger partial charge in [-0.25, -0.2) is 0 Å². The monoisotopic (exact) mass is 478 g/mol. The molecule has 2 aromatic rings. The molecule has 6 nitrogen and oxygen atoms in total. The fourth-order valence-electron chi connectivity index (χ4n) is 4.46. The number of Topliss-reactive ketones (excluding diaryl/α,β-unsaturated/α-hetero) is 1. The topological polar surface area (TPSA) is 70.1 Å². The standard InChI is InChI=1S/C29H38N2O4/c1-6-9-18-35-23-14-12-22(13-15-23)26-25(27(32)24-19-20(4)10-11-21(24)5)28(33)29(34)31(26)17-16-30(7-2)8-3/h10-15,19,26,32H,6-9,16-18H2,1-5H3. The van der Waals surface area contributed by atoms with Crippen molar-refractivity contribution in [2.45, 2.75) is 53.5 Å². The third-order valence-corrected chi connectivity index (χ3v) is 6.70. The van der Waals surface area contributed by atoms with Crippen molar-refractivity contribution in [1.82, 2.24) is 9.80 Å². The highest BCUT2D eigenvalue weighted by Crippen LogP contribution is 2.40. The van der Waals surface area contributed by atoms with E-state index in [1.165, 1.54) is 0 Å². The highest BCUT2D eigenvalue weighted by Gasteiger charge is 2.46. The number of hydrogen-bond acceptors (Lipinski definition) is 5. The second-order valence-corrected chi connectivity index (χ2v) is 9.11. The average Bonchev–Trinajstić information content (AvgIpc) is 3.11. The van der Waals surface area contributed by atoms with Gasteiger partial charge in [-0.2, -0.15) is 0 Å². The van der Waals surface area contributed by atoms with Crippen molar-refractivity contribution in [3.05, 3.63) is 70.3 Å². The summed E-state index contributed by atoms with van der Waals surface area (Å²) >= 11 is 0. The number of aryl methyl sites for hydroxylation is 2. The number of likely N-dealkylation sites (N-methyl/N-ethyl adjacent to an activating group) is 1. The Morgan fingerprint density at radius 2 is 1.71 bits per heavy atom. The molecule has 0 bridgehead atoms. The van der Waals surface area contributed by atoms with Crippen LogP contribution < -0.4 is 4.74 Å². The zero-order valence-corrected chi connectivity index (χ0v) is 21.6. The van der Waals surface area contributed by atoms with Crippen LogP contribution in [0, 0.1) is 13.8 Å². The summed E-state index contributed by atoms with van der Waals surface area (Å²) < 4.78 is 5.80. The van der Waals surface area contributed by atoms with Gasteiger partial charge in [-0.3, -0.25) is 9.59 Å². The van der Waals surface area contributed by atoms with Crippen LogP contribution in [0.15, 0.2) is 48.0 Å². The largest absolute Gasteiger partial charge is 0.507 e. The molecule has 1 aliphatic heterocycles. The maximum atomic E-state index is 13.3. The molecule has 1 saturated heterocycles. The van der Waals surface area contributed by atoms with Crippen LogP contribution >= 0.6 is 0 Å². The number of rotatable bonds is 11. The lowest BCUT2D eigenvalue weighted by atomic mass is 9.93. The molecule has 1 atom stereocenters. The molecule has 0 aliphatic carbocycles. The number of aliphatic hydroxyl groups is 1. The second kappa shape index (κ2) is 12.0. The first-order chi connectivity index (χ1) is 16.8. The predicted octanol–water partition coefficient (Wildman–Crippen LogP) is 5.25. The van der Waals surface area contributed by atoms with Gasteiger partial charge in [0.2, 0.25) is 0 Å². The van der Waals surface area contributed by atoms with Gasteiger partial charge >= 0.3 is 0 Å². The van der Waals surface area contributed by atoms with Gasteiger partial charge in [0.25, 0.3) is 11.7 Å². The quantitative estimate of drug-likeness (QED) is 0.207. The molecule has 1 amide bonds. The lowest BCUT2D eigenvalue weighted by Crippen LogP contribution is -2.38. The maximum Gasteiger partial charge on any atom is 0.295 e. The minimum Gasteiger partial charge on any atom is -0.507 e. The number of ether oxygens (including phenoxy) is 1. The summed E-state index contributed by atoms with van der Waals surface area (Å²) in [5.74, 6) is -0.589. The van der Waals surface area contributed by atoms with Crippen LogP contribution in [0.1, 0.15) is 61.9 Å². The third-order valence-electron chi connectivity index (χ3n) is 6.70. The molecule has 188 valence electrons. The summed E-state index contributed by atoms with van der Waals surface area (Å²) in [7, 11) is 0. The number of amides is 1. The van der Waals surface area contributed by atoms with Crippen molar-refractivity contribution in [3.8, 4) is 5.75 Å². The minimum atomic E-state index is -0.657. The number of aliphatic hydroxyl groups excluding tert-OH is 1. The Morgan fingerprint density at radius 3 is 2.34 bits per heavy atom. The van der Waals surface area contributed by atoms with Crippen LogP contribution in [0.25, 0.3) is 5.76 Å². The Bertz CT molecular complexity index is 1070. The van der Waals surface area contributed by atoms with E-state index in [9.17, 15) is 14.7 Å². The Morgan fingerprint density at radius 1 is 1.03 bits per heavy atom. The number of nitrogens with zero attached hydrogens (tertiary/aromatic N) is 2. The van der Waals surface area contributed by atoms with Crippen LogP contribution in [0.4, 0.5) is 0 Å². The fourth-order valence-corrected chi connectivity index (χ4v) is 4.46. The average molecular weight is 479 g/mol. The van der Waals surface area contributed by atoms with Crippen molar-refractivity contribution in [2.75, 3.05) is 32.8 Å². The van der Waals surface area contributed by atoms with E-state index in [0.717, 1.165) is 48.4 Å². The molecule has 6 heteroatoms. The van der Waals surface area contributed by atoms with Gasteiger partial charge < -0.3 is 19.6 Å². The van der Waals surface area contributed by atoms with Gasteiger partial charge in [0.1, 0.15) is 11.5 Å². The lowest BCUT2D eigenvalue weighted by molar-refractivity contribution is -0.140. The molecular formula is C29H38N2O4. The number of hydrogen-bond donors (Lipinski definition) is 1. The van der Waals surface area contributed by atoms with E-state index in [2.05, 4.69) is 25.7 Å². The molecule has 3 rings (SSSR count). The molecule has 0 saturated carbocycles. The molecule has 2 aromatic carbocycles. The van der Waals surface area contributed by atoms with Gasteiger partial charge in [-0.1, -0.05) is 57.0 Å². The van der Waals surface area contributed by atoms with Crippen molar-refractivity contribution >= 4 is 17.4 Å². The molecule has 35 heavy (non-hydrogen) atoms. The summed E-state index contributed by atoms with van der Waals surface area (Å²) in [5, 5.41) is 11.4. The van der Waals surface area contributed by atoms with Crippen LogP contribution in [0.2, 0.25) is 0 Å². The third kappa shape index (κ3) is 5.93. The van der Waals surface area contributed by atoms with Gasteiger partial charge in [0.05, 0.1) is 18.2 Å². The first-order valence-corrected chi connectivity index (χ1v) is 12.6. The zero-order chi connectivity index (χ0) is 25.5. The number of benzene rings is 2. The van der Waals surface area contributed by atoms with Crippen molar-refractivity contribution in [1.29, 1.82) is 0 Å². The normalized spacial score (nSPS) is 17.4. The zero-order valence-electron chi connectivity index (χ0n) is 21.6. The molecule has 1 aliphatic rings. The first kappa shape index (κ1) is 26.5. The highest BCUT2D eigenvalue weighted by molar-refractivity contribution is 6.46. The van der Waals surface area contributed by atoms with Crippen molar-refractivity contribution < 1.29 is 19.4 Å². The van der Waals surface area contributed by atoms with Crippen LogP contribution in [-0.4, -0.2) is 59.4 Å². The van der Waals surface area contributed by atoms with Crippen LogP contribution in [0.5, 0.6) is 5.75 Å². The molecule has 0 aromatic heterocycles. The lowest BCUT2D eigenvalue weighted by Gasteiger charge is -2.28. The summed E-state index contributed by atoms with van der Waals surface area (Å²) in [6.45, 7) is 13.5. The highest BCUT2D eigenvalue weighted by atomic mass is 16.5. The van der Waals surface area contributed by atoms with E-state index in [1.54, 1.807) is 4.90 Å². The second-order valence-electron chi connectivity index (χ2n) is 9.11. The number of likely N-dealkylation sites (tertiary alicyclic amines) is 1. The summed E-state index contributed by atoms with van der Waals surface area (Å²) in [6.07, 6.45) is 2.03. The van der Waals surface area contributed by atoms with Gasteiger partial charge in [-0.05, 0) is 62.7 Å². The van der Waals surface area contributed by atoms with Gasteiger partial charge in [0.15, 0.2) is 0 Å². The van der Waals surface area contributed by atoms with Gasteiger partial charge in [-0.15, -0.1) is 0 Å².